The van der Waals surface area contributed by atoms with Crippen LogP contribution in [0.2, 0.25) is 0 Å². The molecular weight excluding hydrogens is 260 g/mol. The maximum Gasteiger partial charge on any atom is 0.0672 e. The van der Waals surface area contributed by atoms with Crippen LogP contribution in [0.5, 0.6) is 0 Å². The third-order valence-corrected chi connectivity index (χ3v) is 4.61. The smallest absolute Gasteiger partial charge is 0.0672 e. The Labute approximate surface area is 126 Å². The average Bonchev–Trinajstić information content (AvgIpc) is 3.09. The van der Waals surface area contributed by atoms with Gasteiger partial charge >= 0.3 is 0 Å². The summed E-state index contributed by atoms with van der Waals surface area (Å²) < 4.78 is 0. The van der Waals surface area contributed by atoms with Gasteiger partial charge in [0.25, 0.3) is 0 Å². The van der Waals surface area contributed by atoms with Crippen molar-refractivity contribution in [2.24, 2.45) is 5.92 Å². The van der Waals surface area contributed by atoms with Crippen LogP contribution < -0.4 is 10.6 Å². The monoisotopic (exact) mass is 286 g/mol. The molecule has 0 saturated heterocycles. The van der Waals surface area contributed by atoms with Gasteiger partial charge in [-0.3, -0.25) is 5.10 Å². The van der Waals surface area contributed by atoms with Crippen molar-refractivity contribution in [3.8, 4) is 0 Å². The minimum absolute atomic E-state index is 0.645. The lowest BCUT2D eigenvalue weighted by Gasteiger charge is -2.33. The molecule has 0 spiro atoms. The summed E-state index contributed by atoms with van der Waals surface area (Å²) in [6.45, 7) is 5.66. The van der Waals surface area contributed by atoms with E-state index in [1.165, 1.54) is 37.8 Å². The van der Waals surface area contributed by atoms with Crippen molar-refractivity contribution in [3.05, 3.63) is 18.3 Å². The fourth-order valence-corrected chi connectivity index (χ4v) is 3.36. The minimum Gasteiger partial charge on any atom is -0.397 e. The van der Waals surface area contributed by atoms with E-state index in [0.717, 1.165) is 23.1 Å². The Morgan fingerprint density at radius 2 is 2.10 bits per heavy atom. The number of hydrogen-bond donors (Lipinski definition) is 2. The van der Waals surface area contributed by atoms with Gasteiger partial charge in [-0.2, -0.15) is 5.10 Å². The molecule has 1 saturated carbocycles. The molecular formula is C17H26N4. The summed E-state index contributed by atoms with van der Waals surface area (Å²) in [4.78, 5) is 2.54. The maximum absolute atomic E-state index is 6.34. The Bertz CT molecular complexity index is 596. The number of nitrogen functional groups attached to an aromatic ring is 1. The van der Waals surface area contributed by atoms with Gasteiger partial charge in [-0.15, -0.1) is 0 Å². The van der Waals surface area contributed by atoms with Gasteiger partial charge < -0.3 is 10.6 Å². The Morgan fingerprint density at radius 1 is 1.33 bits per heavy atom. The first kappa shape index (κ1) is 14.2. The molecule has 3 rings (SSSR count). The van der Waals surface area contributed by atoms with E-state index in [1.807, 2.05) is 12.3 Å². The number of nitrogens with zero attached hydrogens (tertiary/aromatic N) is 2. The number of benzene rings is 1. The van der Waals surface area contributed by atoms with E-state index in [9.17, 15) is 0 Å². The Balaban J connectivity index is 1.93. The first-order valence-corrected chi connectivity index (χ1v) is 8.14. The number of fused-ring (bicyclic) bond motifs is 1. The molecule has 4 nitrogen and oxygen atoms in total. The van der Waals surface area contributed by atoms with Crippen molar-refractivity contribution in [2.45, 2.75) is 52.0 Å². The van der Waals surface area contributed by atoms with Gasteiger partial charge in [0, 0.05) is 18.0 Å². The summed E-state index contributed by atoms with van der Waals surface area (Å²) in [6.07, 6.45) is 8.31. The standard InChI is InChI=1S/C17H26N4/c1-12(2)7-8-21(14-5-3-4-6-14)17-10-16-13(9-15(17)18)11-19-20-16/h9-12,14H,3-8,18H2,1-2H3,(H,19,20). The van der Waals surface area contributed by atoms with Crippen molar-refractivity contribution in [2.75, 3.05) is 17.2 Å². The Hall–Kier alpha value is -1.71. The zero-order valence-electron chi connectivity index (χ0n) is 13.1. The van der Waals surface area contributed by atoms with Gasteiger partial charge in [0.2, 0.25) is 0 Å². The van der Waals surface area contributed by atoms with Crippen molar-refractivity contribution in [1.82, 2.24) is 10.2 Å². The highest BCUT2D eigenvalue weighted by atomic mass is 15.2. The third-order valence-electron chi connectivity index (χ3n) is 4.61. The lowest BCUT2D eigenvalue weighted by atomic mass is 10.1. The largest absolute Gasteiger partial charge is 0.397 e. The molecule has 114 valence electrons. The summed E-state index contributed by atoms with van der Waals surface area (Å²) in [6, 6.07) is 4.87. The number of aromatic nitrogens is 2. The third kappa shape index (κ3) is 2.99. The maximum atomic E-state index is 6.34. The number of anilines is 2. The highest BCUT2D eigenvalue weighted by Gasteiger charge is 2.24. The average molecular weight is 286 g/mol. The van der Waals surface area contributed by atoms with Crippen LogP contribution in [0.25, 0.3) is 10.9 Å². The molecule has 0 radical (unpaired) electrons. The van der Waals surface area contributed by atoms with E-state index in [4.69, 9.17) is 5.73 Å². The van der Waals surface area contributed by atoms with E-state index in [1.54, 1.807) is 0 Å². The second-order valence-electron chi connectivity index (χ2n) is 6.68. The molecule has 3 N–H and O–H groups in total. The zero-order valence-corrected chi connectivity index (χ0v) is 13.1. The fraction of sp³-hybridized carbons (Fsp3) is 0.588. The lowest BCUT2D eigenvalue weighted by Crippen LogP contribution is -2.35. The minimum atomic E-state index is 0.645. The Morgan fingerprint density at radius 3 is 2.81 bits per heavy atom. The quantitative estimate of drug-likeness (QED) is 0.818. The van der Waals surface area contributed by atoms with E-state index in [0.29, 0.717) is 12.0 Å². The van der Waals surface area contributed by atoms with Crippen LogP contribution in [-0.4, -0.2) is 22.8 Å². The van der Waals surface area contributed by atoms with Gasteiger partial charge in [0.1, 0.15) is 0 Å². The van der Waals surface area contributed by atoms with Crippen LogP contribution in [0.4, 0.5) is 11.4 Å². The summed E-state index contributed by atoms with van der Waals surface area (Å²) in [5.74, 6) is 0.714. The Kier molecular flexibility index (Phi) is 4.04. The van der Waals surface area contributed by atoms with Crippen LogP contribution in [0, 0.1) is 5.92 Å². The van der Waals surface area contributed by atoms with Crippen molar-refractivity contribution in [3.63, 3.8) is 0 Å². The van der Waals surface area contributed by atoms with E-state index in [2.05, 4.69) is 35.0 Å². The second kappa shape index (κ2) is 5.96. The van der Waals surface area contributed by atoms with E-state index < -0.39 is 0 Å². The van der Waals surface area contributed by atoms with Crippen LogP contribution >= 0.6 is 0 Å². The van der Waals surface area contributed by atoms with Gasteiger partial charge in [-0.05, 0) is 37.3 Å². The normalized spacial score (nSPS) is 16.1. The van der Waals surface area contributed by atoms with Crippen molar-refractivity contribution >= 4 is 22.3 Å². The van der Waals surface area contributed by atoms with E-state index >= 15 is 0 Å². The molecule has 1 aromatic carbocycles. The first-order valence-electron chi connectivity index (χ1n) is 8.14. The molecule has 0 atom stereocenters. The molecule has 4 heteroatoms. The van der Waals surface area contributed by atoms with Crippen LogP contribution in [0.3, 0.4) is 0 Å². The number of rotatable bonds is 5. The molecule has 1 heterocycles. The SMILES string of the molecule is CC(C)CCN(c1cc2[nH]ncc2cc1N)C1CCCC1. The molecule has 21 heavy (non-hydrogen) atoms. The summed E-state index contributed by atoms with van der Waals surface area (Å²) >= 11 is 0. The molecule has 1 fully saturated rings. The molecule has 1 aromatic heterocycles. The van der Waals surface area contributed by atoms with Crippen molar-refractivity contribution in [1.29, 1.82) is 0 Å². The molecule has 0 aliphatic heterocycles. The molecule has 2 aromatic rings. The predicted molar refractivity (Wildman–Crippen MR) is 89.6 cm³/mol. The molecule has 0 bridgehead atoms. The summed E-state index contributed by atoms with van der Waals surface area (Å²) in [5.41, 5.74) is 9.47. The van der Waals surface area contributed by atoms with Crippen LogP contribution in [0.15, 0.2) is 18.3 Å². The molecule has 0 unspecified atom stereocenters. The molecule has 1 aliphatic carbocycles. The topological polar surface area (TPSA) is 57.9 Å². The fourth-order valence-electron chi connectivity index (χ4n) is 3.36. The van der Waals surface area contributed by atoms with Crippen LogP contribution in [-0.2, 0) is 0 Å². The van der Waals surface area contributed by atoms with Crippen molar-refractivity contribution < 1.29 is 0 Å². The molecule has 0 amide bonds. The summed E-state index contributed by atoms with van der Waals surface area (Å²) in [5, 5.41) is 8.27. The molecule has 1 aliphatic rings. The lowest BCUT2D eigenvalue weighted by molar-refractivity contribution is 0.529. The van der Waals surface area contributed by atoms with Gasteiger partial charge in [-0.25, -0.2) is 0 Å². The predicted octanol–water partition coefficient (Wildman–Crippen LogP) is 3.94. The highest BCUT2D eigenvalue weighted by Crippen LogP contribution is 2.34. The van der Waals surface area contributed by atoms with Gasteiger partial charge in [0.05, 0.1) is 23.1 Å². The van der Waals surface area contributed by atoms with Gasteiger partial charge in [-0.1, -0.05) is 26.7 Å². The van der Waals surface area contributed by atoms with Gasteiger partial charge in [0.15, 0.2) is 0 Å². The highest BCUT2D eigenvalue weighted by molar-refractivity contribution is 5.89. The number of aromatic amines is 1. The number of hydrogen-bond acceptors (Lipinski definition) is 3. The zero-order chi connectivity index (χ0) is 14.8. The number of nitrogens with two attached hydrogens (primary N) is 1. The van der Waals surface area contributed by atoms with Crippen LogP contribution in [0.1, 0.15) is 46.0 Å². The number of H-pyrrole nitrogens is 1. The first-order chi connectivity index (χ1) is 10.1. The van der Waals surface area contributed by atoms with E-state index in [-0.39, 0.29) is 0 Å². The second-order valence-corrected chi connectivity index (χ2v) is 6.68. The summed E-state index contributed by atoms with van der Waals surface area (Å²) in [7, 11) is 0. The number of nitrogens with one attached hydrogen (secondary N) is 1.